The normalized spacial score (nSPS) is 17.0. The maximum absolute atomic E-state index is 4.27. The molecule has 0 aliphatic heterocycles. The van der Waals surface area contributed by atoms with Gasteiger partial charge >= 0.3 is 0 Å². The zero-order valence-corrected chi connectivity index (χ0v) is 13.4. The van der Waals surface area contributed by atoms with Gasteiger partial charge in [-0.1, -0.05) is 32.1 Å². The second-order valence-electron chi connectivity index (χ2n) is 5.94. The Morgan fingerprint density at radius 2 is 2.14 bits per heavy atom. The third-order valence-corrected chi connectivity index (χ3v) is 4.39. The topological polar surface area (TPSA) is 54.2 Å². The number of nitrogens with one attached hydrogen (secondary N) is 2. The van der Waals surface area contributed by atoms with Crippen molar-refractivity contribution in [1.82, 2.24) is 20.4 Å². The van der Waals surface area contributed by atoms with Crippen molar-refractivity contribution < 1.29 is 0 Å². The Balaban J connectivity index is 1.60. The first-order chi connectivity index (χ1) is 10.3. The Hall–Kier alpha value is -1.52. The lowest BCUT2D eigenvalue weighted by Gasteiger charge is -2.21. The van der Waals surface area contributed by atoms with Crippen molar-refractivity contribution in [3.8, 4) is 0 Å². The van der Waals surface area contributed by atoms with Crippen LogP contribution in [0, 0.1) is 5.92 Å². The maximum atomic E-state index is 4.27. The fourth-order valence-corrected chi connectivity index (χ4v) is 3.04. The van der Waals surface area contributed by atoms with Crippen LogP contribution in [0.4, 0.5) is 0 Å². The smallest absolute Gasteiger partial charge is 0.191 e. The molecule has 5 nitrogen and oxygen atoms in total. The minimum absolute atomic E-state index is 0.749. The summed E-state index contributed by atoms with van der Waals surface area (Å²) in [6.45, 7) is 1.75. The third kappa shape index (κ3) is 5.40. The van der Waals surface area contributed by atoms with Gasteiger partial charge in [0.1, 0.15) is 0 Å². The second kappa shape index (κ2) is 8.70. The molecular formula is C16H29N5. The summed E-state index contributed by atoms with van der Waals surface area (Å²) in [6.07, 6.45) is 11.6. The van der Waals surface area contributed by atoms with E-state index >= 15 is 0 Å². The summed E-state index contributed by atoms with van der Waals surface area (Å²) >= 11 is 0. The molecule has 0 atom stereocenters. The average molecular weight is 291 g/mol. The highest BCUT2D eigenvalue weighted by Crippen LogP contribution is 2.26. The maximum Gasteiger partial charge on any atom is 0.191 e. The minimum Gasteiger partial charge on any atom is -0.356 e. The number of aryl methyl sites for hydroxylation is 1. The molecule has 1 fully saturated rings. The summed E-state index contributed by atoms with van der Waals surface area (Å²) in [5.74, 6) is 1.84. The number of guanidine groups is 1. The Morgan fingerprint density at radius 1 is 1.33 bits per heavy atom. The fraction of sp³-hybridized carbons (Fsp3) is 0.750. The number of hydrogen-bond acceptors (Lipinski definition) is 2. The number of nitrogens with zero attached hydrogens (tertiary/aromatic N) is 3. The molecule has 0 saturated heterocycles. The summed E-state index contributed by atoms with van der Waals surface area (Å²) in [4.78, 5) is 4.27. The molecule has 118 valence electrons. The number of hydrogen-bond donors (Lipinski definition) is 2. The van der Waals surface area contributed by atoms with Crippen molar-refractivity contribution in [2.24, 2.45) is 18.0 Å². The van der Waals surface area contributed by atoms with Crippen molar-refractivity contribution in [1.29, 1.82) is 0 Å². The number of aromatic nitrogens is 2. The summed E-state index contributed by atoms with van der Waals surface area (Å²) < 4.78 is 1.88. The van der Waals surface area contributed by atoms with Gasteiger partial charge in [0.15, 0.2) is 5.96 Å². The molecule has 0 unspecified atom stereocenters. The highest BCUT2D eigenvalue weighted by molar-refractivity contribution is 5.79. The van der Waals surface area contributed by atoms with Gasteiger partial charge in [-0.2, -0.15) is 5.10 Å². The molecule has 1 aliphatic rings. The first-order valence-corrected chi connectivity index (χ1v) is 8.21. The summed E-state index contributed by atoms with van der Waals surface area (Å²) in [7, 11) is 3.77. The van der Waals surface area contributed by atoms with Gasteiger partial charge in [-0.15, -0.1) is 0 Å². The van der Waals surface area contributed by atoms with Gasteiger partial charge in [-0.05, 0) is 24.8 Å². The van der Waals surface area contributed by atoms with Crippen molar-refractivity contribution >= 4 is 5.96 Å². The van der Waals surface area contributed by atoms with Crippen LogP contribution in [-0.2, 0) is 13.6 Å². The van der Waals surface area contributed by atoms with Gasteiger partial charge in [0.2, 0.25) is 0 Å². The SMILES string of the molecule is CN=C(NCCCC1CCCCC1)NCc1ccnn1C. The highest BCUT2D eigenvalue weighted by atomic mass is 15.3. The first kappa shape index (κ1) is 15.9. The predicted octanol–water partition coefficient (Wildman–Crippen LogP) is 2.45. The largest absolute Gasteiger partial charge is 0.356 e. The predicted molar refractivity (Wildman–Crippen MR) is 87.2 cm³/mol. The molecule has 1 aromatic heterocycles. The van der Waals surface area contributed by atoms with Gasteiger partial charge in [-0.25, -0.2) is 0 Å². The number of rotatable bonds is 6. The quantitative estimate of drug-likeness (QED) is 0.481. The summed E-state index contributed by atoms with van der Waals surface area (Å²) in [5.41, 5.74) is 1.15. The van der Waals surface area contributed by atoms with Crippen LogP contribution in [0.2, 0.25) is 0 Å². The van der Waals surface area contributed by atoms with E-state index in [-0.39, 0.29) is 0 Å². The molecule has 5 heteroatoms. The van der Waals surface area contributed by atoms with E-state index in [1.54, 1.807) is 0 Å². The average Bonchev–Trinajstić information content (AvgIpc) is 2.93. The standard InChI is InChI=1S/C16H29N5/c1-17-16(19-13-15-10-12-20-21(15)2)18-11-6-9-14-7-4-3-5-8-14/h10,12,14H,3-9,11,13H2,1-2H3,(H2,17,18,19). The van der Waals surface area contributed by atoms with E-state index in [9.17, 15) is 0 Å². The highest BCUT2D eigenvalue weighted by Gasteiger charge is 2.12. The van der Waals surface area contributed by atoms with Gasteiger partial charge < -0.3 is 10.6 Å². The Morgan fingerprint density at radius 3 is 2.81 bits per heavy atom. The van der Waals surface area contributed by atoms with Crippen LogP contribution in [0.15, 0.2) is 17.3 Å². The van der Waals surface area contributed by atoms with Gasteiger partial charge in [0.25, 0.3) is 0 Å². The van der Waals surface area contributed by atoms with Crippen LogP contribution in [0.3, 0.4) is 0 Å². The van der Waals surface area contributed by atoms with Crippen molar-refractivity contribution in [2.45, 2.75) is 51.5 Å². The minimum atomic E-state index is 0.749. The van der Waals surface area contributed by atoms with Crippen LogP contribution in [0.25, 0.3) is 0 Å². The zero-order valence-electron chi connectivity index (χ0n) is 13.4. The second-order valence-corrected chi connectivity index (χ2v) is 5.94. The van der Waals surface area contributed by atoms with E-state index in [0.717, 1.165) is 30.7 Å². The zero-order chi connectivity index (χ0) is 14.9. The van der Waals surface area contributed by atoms with E-state index in [4.69, 9.17) is 0 Å². The molecule has 1 heterocycles. The van der Waals surface area contributed by atoms with Gasteiger partial charge in [-0.3, -0.25) is 9.67 Å². The first-order valence-electron chi connectivity index (χ1n) is 8.21. The lowest BCUT2D eigenvalue weighted by molar-refractivity contribution is 0.332. The Kier molecular flexibility index (Phi) is 6.57. The van der Waals surface area contributed by atoms with E-state index in [0.29, 0.717) is 0 Å². The van der Waals surface area contributed by atoms with Crippen LogP contribution in [0.1, 0.15) is 50.6 Å². The van der Waals surface area contributed by atoms with Gasteiger partial charge in [0, 0.05) is 26.8 Å². The third-order valence-electron chi connectivity index (χ3n) is 4.39. The molecule has 2 rings (SSSR count). The molecule has 0 bridgehead atoms. The van der Waals surface area contributed by atoms with Crippen LogP contribution >= 0.6 is 0 Å². The van der Waals surface area contributed by atoms with E-state index in [2.05, 4.69) is 20.7 Å². The summed E-state index contributed by atoms with van der Waals surface area (Å²) in [6, 6.07) is 2.02. The van der Waals surface area contributed by atoms with Gasteiger partial charge in [0.05, 0.1) is 12.2 Å². The molecule has 0 radical (unpaired) electrons. The van der Waals surface area contributed by atoms with E-state index < -0.39 is 0 Å². The lowest BCUT2D eigenvalue weighted by Crippen LogP contribution is -2.37. The van der Waals surface area contributed by atoms with Crippen LogP contribution in [0.5, 0.6) is 0 Å². The molecule has 0 spiro atoms. The molecular weight excluding hydrogens is 262 g/mol. The Labute approximate surface area is 128 Å². The molecule has 0 amide bonds. The monoisotopic (exact) mass is 291 g/mol. The molecule has 21 heavy (non-hydrogen) atoms. The van der Waals surface area contributed by atoms with E-state index in [1.807, 2.05) is 31.0 Å². The molecule has 1 saturated carbocycles. The van der Waals surface area contributed by atoms with Crippen molar-refractivity contribution in [2.75, 3.05) is 13.6 Å². The Bertz CT molecular complexity index is 432. The molecule has 1 aliphatic carbocycles. The molecule has 1 aromatic rings. The fourth-order valence-electron chi connectivity index (χ4n) is 3.04. The molecule has 2 N–H and O–H groups in total. The number of aliphatic imine (C=N–C) groups is 1. The molecule has 0 aromatic carbocycles. The summed E-state index contributed by atoms with van der Waals surface area (Å²) in [5, 5.41) is 10.9. The van der Waals surface area contributed by atoms with Crippen molar-refractivity contribution in [3.63, 3.8) is 0 Å². The van der Waals surface area contributed by atoms with Crippen molar-refractivity contribution in [3.05, 3.63) is 18.0 Å². The van der Waals surface area contributed by atoms with Crippen LogP contribution in [-0.4, -0.2) is 29.3 Å². The van der Waals surface area contributed by atoms with Crippen LogP contribution < -0.4 is 10.6 Å². The lowest BCUT2D eigenvalue weighted by atomic mass is 9.86. The van der Waals surface area contributed by atoms with E-state index in [1.165, 1.54) is 44.9 Å².